The maximum Gasteiger partial charge on any atom is 0.124 e. The number of fused-ring (bicyclic) bond motifs is 7. The molecule has 0 amide bonds. The van der Waals surface area contributed by atoms with E-state index in [0.29, 0.717) is 22.3 Å². The molecule has 6 aromatic carbocycles. The largest absolute Gasteiger partial charge is 0.309 e. The maximum atomic E-state index is 9.87. The Hall–Kier alpha value is -7.23. The summed E-state index contributed by atoms with van der Waals surface area (Å²) in [5.74, 6) is 0. The minimum absolute atomic E-state index is 0.523. The van der Waals surface area contributed by atoms with Crippen LogP contribution in [0.4, 0.5) is 0 Å². The topological polar surface area (TPSA) is 118 Å². The van der Waals surface area contributed by atoms with E-state index >= 15 is 0 Å². The predicted molar refractivity (Wildman–Crippen MR) is 193 cm³/mol. The molecule has 3 aromatic heterocycles. The van der Waals surface area contributed by atoms with Crippen molar-refractivity contribution < 1.29 is 0 Å². The number of para-hydroxylation sites is 1. The summed E-state index contributed by atoms with van der Waals surface area (Å²) in [6.45, 7) is 0. The fourth-order valence-corrected chi connectivity index (χ4v) is 7.80. The maximum absolute atomic E-state index is 9.87. The highest BCUT2D eigenvalue weighted by Crippen LogP contribution is 2.40. The fraction of sp³-hybridized carbons (Fsp3) is 0. The molecule has 0 saturated carbocycles. The summed E-state index contributed by atoms with van der Waals surface area (Å²) in [5.41, 5.74) is 8.80. The van der Waals surface area contributed by atoms with Crippen molar-refractivity contribution >= 4 is 65.2 Å². The number of nitriles is 4. The predicted octanol–water partition coefficient (Wildman–Crippen LogP) is 9.64. The van der Waals surface area contributed by atoms with E-state index in [9.17, 15) is 21.0 Å². The Labute approximate surface area is 283 Å². The average Bonchev–Trinajstić information content (AvgIpc) is 3.83. The number of hydrogen-bond acceptors (Lipinski definition) is 6. The van der Waals surface area contributed by atoms with Crippen LogP contribution in [0, 0.1) is 45.3 Å². The van der Waals surface area contributed by atoms with Crippen LogP contribution in [0.15, 0.2) is 115 Å². The van der Waals surface area contributed by atoms with Crippen LogP contribution in [0.25, 0.3) is 75.8 Å². The molecule has 0 fully saturated rings. The summed E-state index contributed by atoms with van der Waals surface area (Å²) in [6.07, 6.45) is 0. The van der Waals surface area contributed by atoms with E-state index in [1.807, 2.05) is 91.0 Å². The molecular formula is C41H19N7S. The van der Waals surface area contributed by atoms with E-state index in [0.717, 1.165) is 75.8 Å². The second kappa shape index (κ2) is 10.7. The Morgan fingerprint density at radius 2 is 0.878 bits per heavy atom. The monoisotopic (exact) mass is 641 g/mol. The standard InChI is InChI=1S/C41H19N7S/c42-20-24-5-9-31-32-10-6-25(21-43)14-37(32)47(36(31)13-24)29-17-28(41-46-35-3-1-2-4-40(35)49-41)18-30(19-29)48-38-15-26(22-44)7-11-33(38)34-12-8-27(23-45)16-39(34)48/h1-19H. The van der Waals surface area contributed by atoms with E-state index < -0.39 is 0 Å². The van der Waals surface area contributed by atoms with Crippen LogP contribution in [-0.4, -0.2) is 14.1 Å². The first-order valence-electron chi connectivity index (χ1n) is 15.4. The molecule has 0 aliphatic rings. The van der Waals surface area contributed by atoms with Crippen LogP contribution in [0.1, 0.15) is 22.3 Å². The van der Waals surface area contributed by atoms with Crippen LogP contribution < -0.4 is 0 Å². The Bertz CT molecular complexity index is 2710. The lowest BCUT2D eigenvalue weighted by atomic mass is 10.1. The van der Waals surface area contributed by atoms with Gasteiger partial charge in [-0.2, -0.15) is 21.0 Å². The molecule has 0 unspecified atom stereocenters. The lowest BCUT2D eigenvalue weighted by Gasteiger charge is -2.15. The van der Waals surface area contributed by atoms with Gasteiger partial charge in [-0.1, -0.05) is 36.4 Å². The molecule has 0 saturated heterocycles. The summed E-state index contributed by atoms with van der Waals surface area (Å²) in [4.78, 5) is 5.01. The van der Waals surface area contributed by atoms with Gasteiger partial charge < -0.3 is 9.13 Å². The minimum atomic E-state index is 0.523. The van der Waals surface area contributed by atoms with Crippen molar-refractivity contribution in [1.82, 2.24) is 14.1 Å². The SMILES string of the molecule is N#Cc1ccc2c3ccc(C#N)cc3n(-c3cc(-c4nc5ccccc5s4)cc(-n4c5cc(C#N)ccc5c5ccc(C#N)cc54)c3)c2c1. The molecule has 3 heterocycles. The highest BCUT2D eigenvalue weighted by molar-refractivity contribution is 7.21. The molecule has 0 radical (unpaired) electrons. The lowest BCUT2D eigenvalue weighted by Crippen LogP contribution is -2.00. The summed E-state index contributed by atoms with van der Waals surface area (Å²) < 4.78 is 5.26. The highest BCUT2D eigenvalue weighted by Gasteiger charge is 2.20. The van der Waals surface area contributed by atoms with Crippen molar-refractivity contribution in [1.29, 1.82) is 21.0 Å². The van der Waals surface area contributed by atoms with Gasteiger partial charge in [0.25, 0.3) is 0 Å². The number of nitrogens with zero attached hydrogens (tertiary/aromatic N) is 7. The van der Waals surface area contributed by atoms with Gasteiger partial charge in [0.1, 0.15) is 5.01 Å². The zero-order valence-electron chi connectivity index (χ0n) is 25.5. The van der Waals surface area contributed by atoms with E-state index in [1.165, 1.54) is 0 Å². The molecule has 224 valence electrons. The summed E-state index contributed by atoms with van der Waals surface area (Å²) >= 11 is 1.60. The van der Waals surface area contributed by atoms with Crippen molar-refractivity contribution in [2.24, 2.45) is 0 Å². The van der Waals surface area contributed by atoms with Gasteiger partial charge in [-0.3, -0.25) is 0 Å². The highest BCUT2D eigenvalue weighted by atomic mass is 32.1. The fourth-order valence-electron chi connectivity index (χ4n) is 6.84. The van der Waals surface area contributed by atoms with Crippen LogP contribution in [0.2, 0.25) is 0 Å². The molecule has 0 bridgehead atoms. The Morgan fingerprint density at radius 3 is 1.27 bits per heavy atom. The van der Waals surface area contributed by atoms with Crippen molar-refractivity contribution in [3.05, 3.63) is 138 Å². The molecule has 7 nitrogen and oxygen atoms in total. The van der Waals surface area contributed by atoms with E-state index in [-0.39, 0.29) is 0 Å². The normalized spacial score (nSPS) is 11.2. The number of benzene rings is 6. The first-order valence-corrected chi connectivity index (χ1v) is 16.2. The van der Waals surface area contributed by atoms with Crippen molar-refractivity contribution in [3.8, 4) is 46.2 Å². The Balaban J connectivity index is 1.44. The quantitative estimate of drug-likeness (QED) is 0.190. The zero-order valence-corrected chi connectivity index (χ0v) is 26.3. The molecule has 0 N–H and O–H groups in total. The van der Waals surface area contributed by atoms with Crippen LogP contribution in [-0.2, 0) is 0 Å². The molecule has 49 heavy (non-hydrogen) atoms. The molecule has 9 aromatic rings. The van der Waals surface area contributed by atoms with Crippen molar-refractivity contribution in [2.45, 2.75) is 0 Å². The van der Waals surface area contributed by atoms with E-state index in [1.54, 1.807) is 11.3 Å². The van der Waals surface area contributed by atoms with Crippen molar-refractivity contribution in [2.75, 3.05) is 0 Å². The van der Waals surface area contributed by atoms with Gasteiger partial charge in [0.2, 0.25) is 0 Å². The zero-order chi connectivity index (χ0) is 33.2. The number of hydrogen-bond donors (Lipinski definition) is 0. The third-order valence-corrected chi connectivity index (χ3v) is 10.1. The van der Waals surface area contributed by atoms with Gasteiger partial charge in [0.05, 0.1) is 78.8 Å². The van der Waals surface area contributed by atoms with Crippen molar-refractivity contribution in [3.63, 3.8) is 0 Å². The molecule has 0 spiro atoms. The number of rotatable bonds is 3. The van der Waals surface area contributed by atoms with Crippen LogP contribution in [0.5, 0.6) is 0 Å². The summed E-state index contributed by atoms with van der Waals surface area (Å²) in [7, 11) is 0. The lowest BCUT2D eigenvalue weighted by molar-refractivity contribution is 1.13. The van der Waals surface area contributed by atoms with Crippen LogP contribution >= 0.6 is 11.3 Å². The molecule has 8 heteroatoms. The second-order valence-corrected chi connectivity index (χ2v) is 12.8. The van der Waals surface area contributed by atoms with Gasteiger partial charge >= 0.3 is 0 Å². The van der Waals surface area contributed by atoms with Gasteiger partial charge in [0.15, 0.2) is 0 Å². The molecular weight excluding hydrogens is 623 g/mol. The van der Waals surface area contributed by atoms with Gasteiger partial charge in [-0.25, -0.2) is 4.98 Å². The first kappa shape index (κ1) is 28.0. The Morgan fingerprint density at radius 1 is 0.469 bits per heavy atom. The van der Waals surface area contributed by atoms with E-state index in [4.69, 9.17) is 4.98 Å². The summed E-state index contributed by atoms with van der Waals surface area (Å²) in [6, 6.07) is 46.0. The second-order valence-electron chi connectivity index (χ2n) is 11.8. The van der Waals surface area contributed by atoms with Crippen LogP contribution in [0.3, 0.4) is 0 Å². The third-order valence-electron chi connectivity index (χ3n) is 9.01. The third kappa shape index (κ3) is 4.27. The van der Waals surface area contributed by atoms with Gasteiger partial charge in [-0.15, -0.1) is 11.3 Å². The average molecular weight is 642 g/mol. The Kier molecular flexibility index (Phi) is 6.10. The van der Waals surface area contributed by atoms with E-state index in [2.05, 4.69) is 57.7 Å². The molecule has 0 aliphatic heterocycles. The number of thiazole rings is 1. The minimum Gasteiger partial charge on any atom is -0.309 e. The van der Waals surface area contributed by atoms with Gasteiger partial charge in [-0.05, 0) is 78.9 Å². The molecule has 0 atom stereocenters. The molecule has 9 rings (SSSR count). The summed E-state index contributed by atoms with van der Waals surface area (Å²) in [5, 5.41) is 44.2. The number of aromatic nitrogens is 3. The smallest absolute Gasteiger partial charge is 0.124 e. The first-order chi connectivity index (χ1) is 24.1. The van der Waals surface area contributed by atoms with Gasteiger partial charge in [0, 0.05) is 38.5 Å². The molecule has 0 aliphatic carbocycles.